The third-order valence-corrected chi connectivity index (χ3v) is 3.99. The van der Waals surface area contributed by atoms with E-state index in [0.717, 1.165) is 11.3 Å². The van der Waals surface area contributed by atoms with Gasteiger partial charge in [0, 0.05) is 12.5 Å². The molecule has 0 aliphatic carbocycles. The molecule has 0 aliphatic rings. The zero-order chi connectivity index (χ0) is 17.6. The number of amides is 1. The highest BCUT2D eigenvalue weighted by Gasteiger charge is 2.18. The van der Waals surface area contributed by atoms with Gasteiger partial charge in [-0.15, -0.1) is 0 Å². The number of halogens is 1. The number of nitrogens with zero attached hydrogens (tertiary/aromatic N) is 2. The Morgan fingerprint density at radius 1 is 1.24 bits per heavy atom. The van der Waals surface area contributed by atoms with Crippen LogP contribution in [0.5, 0.6) is 0 Å². The average molecular weight is 343 g/mol. The molecule has 1 unspecified atom stereocenters. The van der Waals surface area contributed by atoms with Crippen LogP contribution in [0.25, 0.3) is 0 Å². The number of aryl methyl sites for hydroxylation is 1. The maximum atomic E-state index is 13.2. The molecule has 0 aliphatic heterocycles. The number of carbonyl (C=O) groups excluding carboxylic acids is 1. The van der Waals surface area contributed by atoms with Gasteiger partial charge in [-0.2, -0.15) is 0 Å². The minimum atomic E-state index is -0.285. The maximum absolute atomic E-state index is 13.2. The number of rotatable bonds is 7. The molecule has 0 saturated heterocycles. The van der Waals surface area contributed by atoms with Crippen LogP contribution in [0.15, 0.2) is 51.7 Å². The molecule has 25 heavy (non-hydrogen) atoms. The first-order chi connectivity index (χ1) is 12.1. The van der Waals surface area contributed by atoms with Crippen molar-refractivity contribution in [3.8, 4) is 0 Å². The third-order valence-electron chi connectivity index (χ3n) is 3.99. The quantitative estimate of drug-likeness (QED) is 0.713. The van der Waals surface area contributed by atoms with E-state index in [1.807, 2.05) is 12.1 Å². The fourth-order valence-corrected chi connectivity index (χ4v) is 2.64. The lowest BCUT2D eigenvalue weighted by Gasteiger charge is -2.15. The molecule has 0 saturated carbocycles. The van der Waals surface area contributed by atoms with Crippen LogP contribution in [0.4, 0.5) is 4.39 Å². The molecule has 3 aromatic rings. The molecule has 6 nitrogen and oxygen atoms in total. The summed E-state index contributed by atoms with van der Waals surface area (Å²) in [6.07, 6.45) is 2.35. The van der Waals surface area contributed by atoms with Gasteiger partial charge in [0.05, 0.1) is 12.7 Å². The van der Waals surface area contributed by atoms with Gasteiger partial charge in [-0.05, 0) is 43.2 Å². The van der Waals surface area contributed by atoms with E-state index in [1.165, 1.54) is 12.1 Å². The highest BCUT2D eigenvalue weighted by atomic mass is 19.1. The second kappa shape index (κ2) is 7.74. The van der Waals surface area contributed by atoms with Crippen molar-refractivity contribution in [2.75, 3.05) is 6.54 Å². The minimum Gasteiger partial charge on any atom is -0.469 e. The van der Waals surface area contributed by atoms with Crippen molar-refractivity contribution in [2.45, 2.75) is 25.7 Å². The molecule has 7 heteroatoms. The molecule has 1 N–H and O–H groups in total. The topological polar surface area (TPSA) is 81.2 Å². The van der Waals surface area contributed by atoms with Gasteiger partial charge in [0.1, 0.15) is 23.0 Å². The summed E-state index contributed by atoms with van der Waals surface area (Å²) < 4.78 is 23.2. The Hall–Kier alpha value is -2.96. The highest BCUT2D eigenvalue weighted by molar-refractivity contribution is 5.78. The number of hydrogen-bond donors (Lipinski definition) is 1. The summed E-state index contributed by atoms with van der Waals surface area (Å²) in [5.41, 5.74) is 2.07. The van der Waals surface area contributed by atoms with Crippen LogP contribution in [-0.4, -0.2) is 22.8 Å². The molecule has 0 spiro atoms. The van der Waals surface area contributed by atoms with Crippen LogP contribution in [0.1, 0.15) is 35.1 Å². The lowest BCUT2D eigenvalue weighted by Crippen LogP contribution is -2.27. The number of hydrogen-bond acceptors (Lipinski definition) is 5. The van der Waals surface area contributed by atoms with Crippen LogP contribution in [0.3, 0.4) is 0 Å². The summed E-state index contributed by atoms with van der Waals surface area (Å²) in [6.45, 7) is 2.19. The summed E-state index contributed by atoms with van der Waals surface area (Å²) in [5.74, 6) is 0.270. The van der Waals surface area contributed by atoms with Gasteiger partial charge in [0.25, 0.3) is 0 Å². The van der Waals surface area contributed by atoms with Gasteiger partial charge in [0.15, 0.2) is 0 Å². The van der Waals surface area contributed by atoms with E-state index in [0.29, 0.717) is 24.4 Å². The molecule has 130 valence electrons. The van der Waals surface area contributed by atoms with Gasteiger partial charge in [0.2, 0.25) is 5.91 Å². The normalized spacial score (nSPS) is 12.1. The van der Waals surface area contributed by atoms with Gasteiger partial charge < -0.3 is 9.73 Å². The van der Waals surface area contributed by atoms with E-state index >= 15 is 0 Å². The Morgan fingerprint density at radius 2 is 2.04 bits per heavy atom. The molecule has 2 heterocycles. The van der Waals surface area contributed by atoms with Crippen LogP contribution in [-0.2, 0) is 11.2 Å². The summed E-state index contributed by atoms with van der Waals surface area (Å²) in [6, 6.07) is 9.99. The molecule has 0 bridgehead atoms. The average Bonchev–Trinajstić information content (AvgIpc) is 3.25. The minimum absolute atomic E-state index is 0.0636. The Balaban J connectivity index is 1.60. The SMILES string of the molecule is Cc1nonc1CC(=O)NCCC(c1ccc(F)cc1)c1ccco1. The second-order valence-electron chi connectivity index (χ2n) is 5.73. The Labute approximate surface area is 144 Å². The summed E-state index contributed by atoms with van der Waals surface area (Å²) in [7, 11) is 0. The fourth-order valence-electron chi connectivity index (χ4n) is 2.64. The maximum Gasteiger partial charge on any atom is 0.226 e. The fraction of sp³-hybridized carbons (Fsp3) is 0.278. The summed E-state index contributed by atoms with van der Waals surface area (Å²) >= 11 is 0. The Kier molecular flexibility index (Phi) is 5.23. The molecular weight excluding hydrogens is 325 g/mol. The van der Waals surface area contributed by atoms with Crippen molar-refractivity contribution in [3.63, 3.8) is 0 Å². The summed E-state index contributed by atoms with van der Waals surface area (Å²) in [5, 5.41) is 10.2. The van der Waals surface area contributed by atoms with Gasteiger partial charge in [-0.25, -0.2) is 9.02 Å². The first-order valence-electron chi connectivity index (χ1n) is 7.97. The Bertz CT molecular complexity index is 812. The van der Waals surface area contributed by atoms with Crippen molar-refractivity contribution < 1.29 is 18.2 Å². The van der Waals surface area contributed by atoms with Crippen LogP contribution in [0, 0.1) is 12.7 Å². The third kappa shape index (κ3) is 4.32. The number of benzene rings is 1. The first-order valence-corrected chi connectivity index (χ1v) is 7.97. The molecule has 2 aromatic heterocycles. The zero-order valence-electron chi connectivity index (χ0n) is 13.7. The van der Waals surface area contributed by atoms with E-state index in [4.69, 9.17) is 4.42 Å². The zero-order valence-corrected chi connectivity index (χ0v) is 13.7. The standard InChI is InChI=1S/C18H18FN3O3/c1-12-16(22-25-21-12)11-18(23)20-9-8-15(17-3-2-10-24-17)13-4-6-14(19)7-5-13/h2-7,10,15H,8-9,11H2,1H3,(H,20,23). The number of carbonyl (C=O) groups is 1. The van der Waals surface area contributed by atoms with Crippen molar-refractivity contribution >= 4 is 5.91 Å². The van der Waals surface area contributed by atoms with E-state index in [-0.39, 0.29) is 24.1 Å². The van der Waals surface area contributed by atoms with Crippen LogP contribution < -0.4 is 5.32 Å². The summed E-state index contributed by atoms with van der Waals surface area (Å²) in [4.78, 5) is 12.0. The Morgan fingerprint density at radius 3 is 2.68 bits per heavy atom. The van der Waals surface area contributed by atoms with Crippen LogP contribution in [0.2, 0.25) is 0 Å². The highest BCUT2D eigenvalue weighted by Crippen LogP contribution is 2.28. The smallest absolute Gasteiger partial charge is 0.226 e. The molecular formula is C18H18FN3O3. The van der Waals surface area contributed by atoms with Gasteiger partial charge in [-0.3, -0.25) is 4.79 Å². The first kappa shape index (κ1) is 16.9. The largest absolute Gasteiger partial charge is 0.469 e. The molecule has 1 aromatic carbocycles. The number of nitrogens with one attached hydrogen (secondary N) is 1. The van der Waals surface area contributed by atoms with E-state index in [1.54, 1.807) is 25.3 Å². The molecule has 0 fully saturated rings. The lowest BCUT2D eigenvalue weighted by molar-refractivity contribution is -0.120. The molecule has 1 amide bonds. The van der Waals surface area contributed by atoms with Crippen molar-refractivity contribution in [3.05, 3.63) is 71.2 Å². The van der Waals surface area contributed by atoms with E-state index in [9.17, 15) is 9.18 Å². The van der Waals surface area contributed by atoms with Gasteiger partial charge >= 0.3 is 0 Å². The van der Waals surface area contributed by atoms with Crippen molar-refractivity contribution in [1.82, 2.24) is 15.6 Å². The number of aromatic nitrogens is 2. The van der Waals surface area contributed by atoms with Gasteiger partial charge in [-0.1, -0.05) is 22.4 Å². The van der Waals surface area contributed by atoms with Crippen molar-refractivity contribution in [2.24, 2.45) is 0 Å². The molecule has 1 atom stereocenters. The predicted octanol–water partition coefficient (Wildman–Crippen LogP) is 2.99. The van der Waals surface area contributed by atoms with Crippen LogP contribution >= 0.6 is 0 Å². The molecule has 3 rings (SSSR count). The monoisotopic (exact) mass is 343 g/mol. The van der Waals surface area contributed by atoms with E-state index in [2.05, 4.69) is 20.3 Å². The second-order valence-corrected chi connectivity index (χ2v) is 5.73. The number of furan rings is 1. The molecule has 0 radical (unpaired) electrons. The lowest BCUT2D eigenvalue weighted by atomic mass is 9.93. The van der Waals surface area contributed by atoms with Crippen molar-refractivity contribution in [1.29, 1.82) is 0 Å². The van der Waals surface area contributed by atoms with E-state index < -0.39 is 0 Å². The predicted molar refractivity (Wildman–Crippen MR) is 87.3 cm³/mol.